The number of aryl methyl sites for hydroxylation is 2. The van der Waals surface area contributed by atoms with Crippen LogP contribution in [-0.4, -0.2) is 22.2 Å². The normalized spacial score (nSPS) is 10.5. The highest BCUT2D eigenvalue weighted by molar-refractivity contribution is 5.92. The maximum absolute atomic E-state index is 11.9. The highest BCUT2D eigenvalue weighted by Gasteiger charge is 2.09. The van der Waals surface area contributed by atoms with E-state index in [0.29, 0.717) is 12.2 Å². The van der Waals surface area contributed by atoms with Crippen LogP contribution >= 0.6 is 0 Å². The van der Waals surface area contributed by atoms with E-state index in [1.165, 1.54) is 0 Å². The third-order valence-electron chi connectivity index (χ3n) is 3.39. The van der Waals surface area contributed by atoms with Gasteiger partial charge < -0.3 is 10.1 Å². The van der Waals surface area contributed by atoms with E-state index < -0.39 is 0 Å². The molecule has 0 radical (unpaired) electrons. The molecule has 0 saturated carbocycles. The number of hydrogen-bond donors (Lipinski definition) is 1. The van der Waals surface area contributed by atoms with Crippen LogP contribution in [0.15, 0.2) is 30.5 Å². The molecule has 0 fully saturated rings. The van der Waals surface area contributed by atoms with Crippen molar-refractivity contribution >= 4 is 5.91 Å². The molecular formula is C17H23N3O2. The van der Waals surface area contributed by atoms with Crippen molar-refractivity contribution in [2.45, 2.75) is 40.3 Å². The second kappa shape index (κ2) is 7.64. The van der Waals surface area contributed by atoms with Crippen LogP contribution in [-0.2, 0) is 6.73 Å². The molecule has 2 aromatic rings. The molecule has 0 atom stereocenters. The van der Waals surface area contributed by atoms with E-state index in [2.05, 4.69) is 23.4 Å². The van der Waals surface area contributed by atoms with Gasteiger partial charge in [0.15, 0.2) is 6.73 Å². The first kappa shape index (κ1) is 16.1. The van der Waals surface area contributed by atoms with Gasteiger partial charge >= 0.3 is 0 Å². The lowest BCUT2D eigenvalue weighted by Gasteiger charge is -2.09. The quantitative estimate of drug-likeness (QED) is 0.800. The van der Waals surface area contributed by atoms with Gasteiger partial charge in [0.25, 0.3) is 5.91 Å². The molecule has 22 heavy (non-hydrogen) atoms. The molecule has 1 N–H and O–H groups in total. The number of rotatable bonds is 7. The number of carbonyl (C=O) groups is 1. The lowest BCUT2D eigenvalue weighted by Crippen LogP contribution is -2.25. The van der Waals surface area contributed by atoms with Crippen molar-refractivity contribution in [2.24, 2.45) is 0 Å². The molecule has 0 aliphatic rings. The lowest BCUT2D eigenvalue weighted by molar-refractivity contribution is 0.0946. The fourth-order valence-electron chi connectivity index (χ4n) is 2.02. The molecule has 1 heterocycles. The lowest BCUT2D eigenvalue weighted by atomic mass is 10.1. The molecule has 1 aromatic carbocycles. The zero-order valence-electron chi connectivity index (χ0n) is 13.4. The first-order valence-electron chi connectivity index (χ1n) is 7.62. The standard InChI is InChI=1S/C17H23N3O2/c1-4-5-9-18-17(21)15-8-10-20(19-15)12-22-16-11-13(2)6-7-14(16)3/h6-8,10-11H,4-5,9,12H2,1-3H3,(H,18,21). The second-order valence-corrected chi connectivity index (χ2v) is 5.39. The molecule has 0 aliphatic carbocycles. The average Bonchev–Trinajstić information content (AvgIpc) is 2.97. The highest BCUT2D eigenvalue weighted by Crippen LogP contribution is 2.19. The number of carbonyl (C=O) groups excluding carboxylic acids is 1. The summed E-state index contributed by atoms with van der Waals surface area (Å²) in [4.78, 5) is 11.9. The van der Waals surface area contributed by atoms with Crippen LogP contribution in [0.4, 0.5) is 0 Å². The molecule has 0 aliphatic heterocycles. The summed E-state index contributed by atoms with van der Waals surface area (Å²) in [5, 5.41) is 7.08. The summed E-state index contributed by atoms with van der Waals surface area (Å²) in [6.45, 7) is 7.09. The molecule has 5 heteroatoms. The monoisotopic (exact) mass is 301 g/mol. The van der Waals surface area contributed by atoms with Gasteiger partial charge in [0.1, 0.15) is 11.4 Å². The molecule has 2 rings (SSSR count). The van der Waals surface area contributed by atoms with E-state index in [9.17, 15) is 4.79 Å². The Morgan fingerprint density at radius 1 is 1.32 bits per heavy atom. The van der Waals surface area contributed by atoms with Gasteiger partial charge in [-0.15, -0.1) is 0 Å². The Hall–Kier alpha value is -2.30. The Bertz CT molecular complexity index is 635. The Kier molecular flexibility index (Phi) is 5.58. The van der Waals surface area contributed by atoms with Gasteiger partial charge in [-0.3, -0.25) is 4.79 Å². The number of unbranched alkanes of at least 4 members (excludes halogenated alkanes) is 1. The molecule has 118 valence electrons. The number of benzene rings is 1. The van der Waals surface area contributed by atoms with Crippen molar-refractivity contribution in [3.8, 4) is 5.75 Å². The summed E-state index contributed by atoms with van der Waals surface area (Å²) >= 11 is 0. The summed E-state index contributed by atoms with van der Waals surface area (Å²) in [5.41, 5.74) is 2.65. The summed E-state index contributed by atoms with van der Waals surface area (Å²) in [6.07, 6.45) is 3.78. The van der Waals surface area contributed by atoms with Gasteiger partial charge in [0.2, 0.25) is 0 Å². The second-order valence-electron chi connectivity index (χ2n) is 5.39. The van der Waals surface area contributed by atoms with E-state index in [0.717, 1.165) is 29.7 Å². The predicted molar refractivity (Wildman–Crippen MR) is 86.0 cm³/mol. The van der Waals surface area contributed by atoms with Gasteiger partial charge in [0, 0.05) is 12.7 Å². The summed E-state index contributed by atoms with van der Waals surface area (Å²) in [5.74, 6) is 0.698. The topological polar surface area (TPSA) is 56.2 Å². The SMILES string of the molecule is CCCCNC(=O)c1ccn(COc2cc(C)ccc2C)n1. The molecule has 0 bridgehead atoms. The minimum absolute atomic E-state index is 0.140. The van der Waals surface area contributed by atoms with Crippen LogP contribution in [0.25, 0.3) is 0 Å². The number of nitrogens with one attached hydrogen (secondary N) is 1. The third-order valence-corrected chi connectivity index (χ3v) is 3.39. The van der Waals surface area contributed by atoms with Crippen molar-refractivity contribution in [3.05, 3.63) is 47.3 Å². The largest absolute Gasteiger partial charge is 0.471 e. The number of amides is 1. The molecule has 0 unspecified atom stereocenters. The molecule has 1 aromatic heterocycles. The Morgan fingerprint density at radius 2 is 2.14 bits per heavy atom. The number of nitrogens with zero attached hydrogens (tertiary/aromatic N) is 2. The maximum atomic E-state index is 11.9. The first-order valence-corrected chi connectivity index (χ1v) is 7.62. The predicted octanol–water partition coefficient (Wildman–Crippen LogP) is 3.07. The fourth-order valence-corrected chi connectivity index (χ4v) is 2.02. The van der Waals surface area contributed by atoms with Crippen LogP contribution in [0.3, 0.4) is 0 Å². The van der Waals surface area contributed by atoms with E-state index in [1.807, 2.05) is 26.0 Å². The maximum Gasteiger partial charge on any atom is 0.271 e. The average molecular weight is 301 g/mol. The van der Waals surface area contributed by atoms with Crippen molar-refractivity contribution < 1.29 is 9.53 Å². The van der Waals surface area contributed by atoms with Crippen LogP contribution in [0.2, 0.25) is 0 Å². The molecule has 1 amide bonds. The number of hydrogen-bond acceptors (Lipinski definition) is 3. The third kappa shape index (κ3) is 4.35. The number of aromatic nitrogens is 2. The molecule has 0 saturated heterocycles. The van der Waals surface area contributed by atoms with Crippen molar-refractivity contribution in [3.63, 3.8) is 0 Å². The van der Waals surface area contributed by atoms with Gasteiger partial charge in [-0.2, -0.15) is 5.10 Å². The zero-order chi connectivity index (χ0) is 15.9. The molecule has 0 spiro atoms. The fraction of sp³-hybridized carbons (Fsp3) is 0.412. The summed E-state index contributed by atoms with van der Waals surface area (Å²) < 4.78 is 7.39. The van der Waals surface area contributed by atoms with Gasteiger partial charge in [-0.1, -0.05) is 25.5 Å². The Labute approximate surface area is 131 Å². The zero-order valence-corrected chi connectivity index (χ0v) is 13.4. The summed E-state index contributed by atoms with van der Waals surface area (Å²) in [6, 6.07) is 7.78. The van der Waals surface area contributed by atoms with Gasteiger partial charge in [-0.05, 0) is 43.5 Å². The molecule has 5 nitrogen and oxygen atoms in total. The van der Waals surface area contributed by atoms with Crippen LogP contribution in [0.5, 0.6) is 5.75 Å². The smallest absolute Gasteiger partial charge is 0.271 e. The summed E-state index contributed by atoms with van der Waals surface area (Å²) in [7, 11) is 0. The van der Waals surface area contributed by atoms with E-state index in [1.54, 1.807) is 16.9 Å². The van der Waals surface area contributed by atoms with E-state index in [4.69, 9.17) is 4.74 Å². The van der Waals surface area contributed by atoms with Crippen LogP contribution in [0.1, 0.15) is 41.4 Å². The van der Waals surface area contributed by atoms with Crippen LogP contribution < -0.4 is 10.1 Å². The Morgan fingerprint density at radius 3 is 2.91 bits per heavy atom. The van der Waals surface area contributed by atoms with E-state index >= 15 is 0 Å². The van der Waals surface area contributed by atoms with Crippen molar-refractivity contribution in [1.29, 1.82) is 0 Å². The van der Waals surface area contributed by atoms with Crippen LogP contribution in [0, 0.1) is 13.8 Å². The minimum Gasteiger partial charge on any atom is -0.471 e. The van der Waals surface area contributed by atoms with Gasteiger partial charge in [-0.25, -0.2) is 4.68 Å². The first-order chi connectivity index (χ1) is 10.6. The minimum atomic E-state index is -0.140. The number of ether oxygens (including phenoxy) is 1. The van der Waals surface area contributed by atoms with Gasteiger partial charge in [0.05, 0.1) is 0 Å². The highest BCUT2D eigenvalue weighted by atomic mass is 16.5. The van der Waals surface area contributed by atoms with E-state index in [-0.39, 0.29) is 12.6 Å². The Balaban J connectivity index is 1.92. The molecular weight excluding hydrogens is 278 g/mol. The van der Waals surface area contributed by atoms with Crippen molar-refractivity contribution in [2.75, 3.05) is 6.54 Å². The van der Waals surface area contributed by atoms with Crippen molar-refractivity contribution in [1.82, 2.24) is 15.1 Å².